The number of rotatable bonds is 3. The summed E-state index contributed by atoms with van der Waals surface area (Å²) in [6.07, 6.45) is 2.83. The van der Waals surface area contributed by atoms with Gasteiger partial charge in [0, 0.05) is 0 Å². The summed E-state index contributed by atoms with van der Waals surface area (Å²) >= 11 is 0. The predicted molar refractivity (Wildman–Crippen MR) is 45.9 cm³/mol. The summed E-state index contributed by atoms with van der Waals surface area (Å²) in [6, 6.07) is 0. The smallest absolute Gasteiger partial charge is 0.0355 e. The van der Waals surface area contributed by atoms with Crippen LogP contribution < -0.4 is 0 Å². The first kappa shape index (κ1) is 8.10. The van der Waals surface area contributed by atoms with Gasteiger partial charge < -0.3 is 0 Å². The SMILES string of the molecule is CCC(C)CC1C(C)C1C. The molecule has 0 amide bonds. The van der Waals surface area contributed by atoms with Crippen molar-refractivity contribution in [1.29, 1.82) is 0 Å². The summed E-state index contributed by atoms with van der Waals surface area (Å²) in [4.78, 5) is 0. The molecule has 60 valence electrons. The van der Waals surface area contributed by atoms with E-state index in [4.69, 9.17) is 0 Å². The highest BCUT2D eigenvalue weighted by molar-refractivity contribution is 4.91. The topological polar surface area (TPSA) is 0 Å². The Morgan fingerprint density at radius 3 is 2.00 bits per heavy atom. The fourth-order valence-corrected chi connectivity index (χ4v) is 1.83. The minimum Gasteiger partial charge on any atom is -0.0651 e. The first-order chi connectivity index (χ1) is 4.66. The van der Waals surface area contributed by atoms with Gasteiger partial charge in [0.2, 0.25) is 0 Å². The largest absolute Gasteiger partial charge is 0.0651 e. The lowest BCUT2D eigenvalue weighted by Crippen LogP contribution is -1.94. The Morgan fingerprint density at radius 2 is 1.70 bits per heavy atom. The molecule has 1 aliphatic carbocycles. The molecule has 1 saturated carbocycles. The average molecular weight is 140 g/mol. The summed E-state index contributed by atoms with van der Waals surface area (Å²) in [5, 5.41) is 0. The van der Waals surface area contributed by atoms with Crippen LogP contribution in [0.15, 0.2) is 0 Å². The van der Waals surface area contributed by atoms with Crippen LogP contribution in [0.25, 0.3) is 0 Å². The molecule has 1 fully saturated rings. The Labute approximate surface area is 65.0 Å². The third-order valence-corrected chi connectivity index (χ3v) is 3.41. The van der Waals surface area contributed by atoms with Crippen LogP contribution in [0.5, 0.6) is 0 Å². The summed E-state index contributed by atoms with van der Waals surface area (Å²) in [6.45, 7) is 9.44. The minimum absolute atomic E-state index is 0.956. The van der Waals surface area contributed by atoms with Crippen molar-refractivity contribution in [3.05, 3.63) is 0 Å². The summed E-state index contributed by atoms with van der Waals surface area (Å²) in [5.74, 6) is 4.07. The van der Waals surface area contributed by atoms with E-state index in [1.807, 2.05) is 0 Å². The molecule has 0 aliphatic heterocycles. The lowest BCUT2D eigenvalue weighted by molar-refractivity contribution is 0.460. The quantitative estimate of drug-likeness (QED) is 0.564. The molecular weight excluding hydrogens is 120 g/mol. The van der Waals surface area contributed by atoms with Crippen LogP contribution in [0.3, 0.4) is 0 Å². The van der Waals surface area contributed by atoms with Crippen molar-refractivity contribution in [2.45, 2.75) is 40.5 Å². The molecule has 0 spiro atoms. The monoisotopic (exact) mass is 140 g/mol. The van der Waals surface area contributed by atoms with E-state index in [2.05, 4.69) is 27.7 Å². The third kappa shape index (κ3) is 1.53. The fourth-order valence-electron chi connectivity index (χ4n) is 1.83. The van der Waals surface area contributed by atoms with E-state index in [-0.39, 0.29) is 0 Å². The molecule has 1 rings (SSSR count). The Hall–Kier alpha value is 0. The second-order valence-corrected chi connectivity index (χ2v) is 4.13. The molecule has 0 aromatic rings. The van der Waals surface area contributed by atoms with Gasteiger partial charge in [-0.15, -0.1) is 0 Å². The lowest BCUT2D eigenvalue weighted by Gasteiger charge is -2.05. The van der Waals surface area contributed by atoms with Gasteiger partial charge in [-0.3, -0.25) is 0 Å². The Kier molecular flexibility index (Phi) is 2.38. The van der Waals surface area contributed by atoms with Gasteiger partial charge in [-0.2, -0.15) is 0 Å². The summed E-state index contributed by atoms with van der Waals surface area (Å²) in [7, 11) is 0. The van der Waals surface area contributed by atoms with Crippen LogP contribution in [0.4, 0.5) is 0 Å². The first-order valence-electron chi connectivity index (χ1n) is 4.66. The lowest BCUT2D eigenvalue weighted by atomic mass is 10.0. The van der Waals surface area contributed by atoms with Crippen molar-refractivity contribution in [2.75, 3.05) is 0 Å². The Balaban J connectivity index is 2.16. The van der Waals surface area contributed by atoms with Gasteiger partial charge in [0.15, 0.2) is 0 Å². The molecule has 0 saturated heterocycles. The molecule has 0 radical (unpaired) electrons. The number of hydrogen-bond acceptors (Lipinski definition) is 0. The highest BCUT2D eigenvalue weighted by atomic mass is 14.5. The van der Waals surface area contributed by atoms with Gasteiger partial charge in [0.25, 0.3) is 0 Å². The van der Waals surface area contributed by atoms with E-state index in [0.717, 1.165) is 23.7 Å². The van der Waals surface area contributed by atoms with E-state index in [1.165, 1.54) is 12.8 Å². The average Bonchev–Trinajstić information content (AvgIpc) is 2.45. The van der Waals surface area contributed by atoms with Crippen molar-refractivity contribution in [1.82, 2.24) is 0 Å². The molecule has 0 N–H and O–H groups in total. The van der Waals surface area contributed by atoms with Gasteiger partial charge in [-0.05, 0) is 30.1 Å². The highest BCUT2D eigenvalue weighted by Crippen LogP contribution is 2.49. The van der Waals surface area contributed by atoms with Crippen molar-refractivity contribution >= 4 is 0 Å². The molecular formula is C10H20. The fraction of sp³-hybridized carbons (Fsp3) is 1.00. The molecule has 10 heavy (non-hydrogen) atoms. The van der Waals surface area contributed by atoms with Crippen LogP contribution in [0.2, 0.25) is 0 Å². The van der Waals surface area contributed by atoms with Crippen LogP contribution in [-0.2, 0) is 0 Å². The first-order valence-corrected chi connectivity index (χ1v) is 4.66. The maximum atomic E-state index is 2.39. The van der Waals surface area contributed by atoms with Crippen molar-refractivity contribution in [2.24, 2.45) is 23.7 Å². The van der Waals surface area contributed by atoms with Crippen molar-refractivity contribution in [3.63, 3.8) is 0 Å². The standard InChI is InChI=1S/C10H20/c1-5-7(2)6-10-8(3)9(10)4/h7-10H,5-6H2,1-4H3. The minimum atomic E-state index is 0.956. The molecule has 3 unspecified atom stereocenters. The Bertz CT molecular complexity index is 98.6. The van der Waals surface area contributed by atoms with Crippen LogP contribution in [0.1, 0.15) is 40.5 Å². The molecule has 0 aromatic carbocycles. The third-order valence-electron chi connectivity index (χ3n) is 3.41. The highest BCUT2D eigenvalue weighted by Gasteiger charge is 2.42. The van der Waals surface area contributed by atoms with E-state index < -0.39 is 0 Å². The zero-order chi connectivity index (χ0) is 7.72. The Morgan fingerprint density at radius 1 is 1.20 bits per heavy atom. The summed E-state index contributed by atoms with van der Waals surface area (Å²) < 4.78 is 0. The van der Waals surface area contributed by atoms with Gasteiger partial charge in [-0.25, -0.2) is 0 Å². The molecule has 0 heteroatoms. The second-order valence-electron chi connectivity index (χ2n) is 4.13. The van der Waals surface area contributed by atoms with Crippen LogP contribution in [0, 0.1) is 23.7 Å². The van der Waals surface area contributed by atoms with Crippen LogP contribution in [-0.4, -0.2) is 0 Å². The summed E-state index contributed by atoms with van der Waals surface area (Å²) in [5.41, 5.74) is 0. The molecule has 0 heterocycles. The van der Waals surface area contributed by atoms with Crippen molar-refractivity contribution < 1.29 is 0 Å². The van der Waals surface area contributed by atoms with E-state index in [9.17, 15) is 0 Å². The zero-order valence-electron chi connectivity index (χ0n) is 7.72. The molecule has 0 nitrogen and oxygen atoms in total. The number of hydrogen-bond donors (Lipinski definition) is 0. The molecule has 1 aliphatic rings. The second kappa shape index (κ2) is 2.94. The van der Waals surface area contributed by atoms with Gasteiger partial charge in [-0.1, -0.05) is 34.1 Å². The van der Waals surface area contributed by atoms with Crippen LogP contribution >= 0.6 is 0 Å². The molecule has 0 aromatic heterocycles. The molecule has 0 bridgehead atoms. The van der Waals surface area contributed by atoms with Crippen molar-refractivity contribution in [3.8, 4) is 0 Å². The maximum absolute atomic E-state index is 2.39. The normalized spacial score (nSPS) is 41.4. The zero-order valence-corrected chi connectivity index (χ0v) is 7.72. The molecule has 3 atom stereocenters. The van der Waals surface area contributed by atoms with E-state index >= 15 is 0 Å². The van der Waals surface area contributed by atoms with Gasteiger partial charge in [0.05, 0.1) is 0 Å². The van der Waals surface area contributed by atoms with Gasteiger partial charge >= 0.3 is 0 Å². The van der Waals surface area contributed by atoms with E-state index in [0.29, 0.717) is 0 Å². The predicted octanol–water partition coefficient (Wildman–Crippen LogP) is 3.32. The maximum Gasteiger partial charge on any atom is -0.0355 e. The van der Waals surface area contributed by atoms with E-state index in [1.54, 1.807) is 0 Å². The van der Waals surface area contributed by atoms with Gasteiger partial charge in [0.1, 0.15) is 0 Å².